The van der Waals surface area contributed by atoms with Crippen LogP contribution in [0, 0.1) is 13.8 Å². The maximum Gasteiger partial charge on any atom is 0.338 e. The Labute approximate surface area is 114 Å². The average molecular weight is 285 g/mol. The molecule has 104 valence electrons. The van der Waals surface area contributed by atoms with Crippen molar-refractivity contribution in [2.75, 3.05) is 25.1 Å². The second-order valence-corrected chi connectivity index (χ2v) is 5.44. The lowest BCUT2D eigenvalue weighted by Crippen LogP contribution is -2.39. The third-order valence-corrected chi connectivity index (χ3v) is 4.07. The molecule has 2 heterocycles. The molecule has 1 amide bonds. The number of aromatic carboxylic acids is 1. The van der Waals surface area contributed by atoms with Gasteiger partial charge < -0.3 is 19.9 Å². The molecule has 0 bridgehead atoms. The van der Waals surface area contributed by atoms with E-state index in [1.165, 1.54) is 11.3 Å². The molecule has 1 aliphatic rings. The highest BCUT2D eigenvalue weighted by Gasteiger charge is 2.26. The highest BCUT2D eigenvalue weighted by Crippen LogP contribution is 2.32. The lowest BCUT2D eigenvalue weighted by atomic mass is 10.1. The fourth-order valence-electron chi connectivity index (χ4n) is 1.80. The Bertz CT molecular complexity index is 504. The van der Waals surface area contributed by atoms with Crippen molar-refractivity contribution in [2.24, 2.45) is 0 Å². The predicted octanol–water partition coefficient (Wildman–Crippen LogP) is 1.42. The highest BCUT2D eigenvalue weighted by molar-refractivity contribution is 7.16. The van der Waals surface area contributed by atoms with Crippen LogP contribution in [-0.2, 0) is 14.3 Å². The Balaban J connectivity index is 2.16. The van der Waals surface area contributed by atoms with E-state index in [0.29, 0.717) is 23.8 Å². The van der Waals surface area contributed by atoms with Crippen LogP contribution < -0.4 is 5.32 Å². The quantitative estimate of drug-likeness (QED) is 0.877. The van der Waals surface area contributed by atoms with Gasteiger partial charge in [0.25, 0.3) is 5.91 Å². The molecule has 0 saturated carbocycles. The topological polar surface area (TPSA) is 84.9 Å². The van der Waals surface area contributed by atoms with Crippen LogP contribution in [0.1, 0.15) is 20.8 Å². The molecular formula is C12H15NO5S. The smallest absolute Gasteiger partial charge is 0.338 e. The first-order valence-corrected chi connectivity index (χ1v) is 6.66. The van der Waals surface area contributed by atoms with Crippen molar-refractivity contribution in [1.29, 1.82) is 0 Å². The summed E-state index contributed by atoms with van der Waals surface area (Å²) in [6, 6.07) is 0. The van der Waals surface area contributed by atoms with Gasteiger partial charge >= 0.3 is 5.97 Å². The largest absolute Gasteiger partial charge is 0.478 e. The summed E-state index contributed by atoms with van der Waals surface area (Å²) in [5.41, 5.74) is 0.821. The molecule has 1 saturated heterocycles. The molecule has 1 aromatic rings. The lowest BCUT2D eigenvalue weighted by Gasteiger charge is -2.21. The minimum Gasteiger partial charge on any atom is -0.478 e. The molecule has 0 aliphatic carbocycles. The summed E-state index contributed by atoms with van der Waals surface area (Å²) in [4.78, 5) is 24.0. The van der Waals surface area contributed by atoms with Gasteiger partial charge in [-0.15, -0.1) is 11.3 Å². The number of hydrogen-bond acceptors (Lipinski definition) is 5. The number of ether oxygens (including phenoxy) is 2. The molecule has 1 fully saturated rings. The third kappa shape index (κ3) is 2.94. The van der Waals surface area contributed by atoms with Crippen molar-refractivity contribution in [2.45, 2.75) is 20.0 Å². The predicted molar refractivity (Wildman–Crippen MR) is 69.9 cm³/mol. The van der Waals surface area contributed by atoms with E-state index in [1.54, 1.807) is 6.92 Å². The fraction of sp³-hybridized carbons (Fsp3) is 0.500. The van der Waals surface area contributed by atoms with Crippen LogP contribution in [0.4, 0.5) is 5.00 Å². The SMILES string of the molecule is Cc1sc(NC(=O)C2COCCO2)c(C(=O)O)c1C. The second-order valence-electron chi connectivity index (χ2n) is 4.22. The van der Waals surface area contributed by atoms with Gasteiger partial charge in [-0.1, -0.05) is 0 Å². The Morgan fingerprint density at radius 3 is 2.68 bits per heavy atom. The molecule has 1 aromatic heterocycles. The van der Waals surface area contributed by atoms with Gasteiger partial charge in [-0.2, -0.15) is 0 Å². The molecule has 0 aromatic carbocycles. The van der Waals surface area contributed by atoms with E-state index < -0.39 is 12.1 Å². The van der Waals surface area contributed by atoms with Crippen LogP contribution in [0.2, 0.25) is 0 Å². The van der Waals surface area contributed by atoms with Crippen molar-refractivity contribution < 1.29 is 24.2 Å². The molecule has 0 spiro atoms. The molecule has 19 heavy (non-hydrogen) atoms. The fourth-order valence-corrected chi connectivity index (χ4v) is 2.86. The number of anilines is 1. The number of carbonyl (C=O) groups excluding carboxylic acids is 1. The minimum absolute atomic E-state index is 0.146. The summed E-state index contributed by atoms with van der Waals surface area (Å²) >= 11 is 1.25. The third-order valence-electron chi connectivity index (χ3n) is 2.94. The van der Waals surface area contributed by atoms with Gasteiger partial charge in [0, 0.05) is 4.88 Å². The zero-order valence-corrected chi connectivity index (χ0v) is 11.5. The van der Waals surface area contributed by atoms with Crippen molar-refractivity contribution in [1.82, 2.24) is 0 Å². The van der Waals surface area contributed by atoms with Gasteiger partial charge in [0.2, 0.25) is 0 Å². The molecule has 2 rings (SSSR count). The number of aryl methyl sites for hydroxylation is 1. The van der Waals surface area contributed by atoms with E-state index >= 15 is 0 Å². The lowest BCUT2D eigenvalue weighted by molar-refractivity contribution is -0.142. The first-order chi connectivity index (χ1) is 9.00. The molecule has 2 N–H and O–H groups in total. The summed E-state index contributed by atoms with van der Waals surface area (Å²) in [6.07, 6.45) is -0.682. The molecule has 6 nitrogen and oxygen atoms in total. The van der Waals surface area contributed by atoms with E-state index in [0.717, 1.165) is 4.88 Å². The van der Waals surface area contributed by atoms with E-state index in [1.807, 2.05) is 6.92 Å². The summed E-state index contributed by atoms with van der Waals surface area (Å²) in [7, 11) is 0. The van der Waals surface area contributed by atoms with Crippen LogP contribution in [-0.4, -0.2) is 42.9 Å². The molecule has 0 radical (unpaired) electrons. The van der Waals surface area contributed by atoms with Crippen LogP contribution in [0.15, 0.2) is 0 Å². The van der Waals surface area contributed by atoms with Gasteiger partial charge in [-0.05, 0) is 19.4 Å². The number of hydrogen-bond donors (Lipinski definition) is 2. The van der Waals surface area contributed by atoms with Crippen molar-refractivity contribution in [3.8, 4) is 0 Å². The molecular weight excluding hydrogens is 270 g/mol. The van der Waals surface area contributed by atoms with Gasteiger partial charge in [0.05, 0.1) is 25.4 Å². The number of amides is 1. The van der Waals surface area contributed by atoms with E-state index in [9.17, 15) is 14.7 Å². The van der Waals surface area contributed by atoms with Crippen molar-refractivity contribution in [3.63, 3.8) is 0 Å². The van der Waals surface area contributed by atoms with Crippen molar-refractivity contribution in [3.05, 3.63) is 16.0 Å². The second kappa shape index (κ2) is 5.68. The van der Waals surface area contributed by atoms with Gasteiger partial charge in [0.15, 0.2) is 6.10 Å². The summed E-state index contributed by atoms with van der Waals surface area (Å²) in [5.74, 6) is -1.42. The van der Waals surface area contributed by atoms with Crippen LogP contribution in [0.5, 0.6) is 0 Å². The Morgan fingerprint density at radius 1 is 1.37 bits per heavy atom. The Hall–Kier alpha value is -1.44. The van der Waals surface area contributed by atoms with E-state index in [2.05, 4.69) is 5.32 Å². The van der Waals surface area contributed by atoms with Crippen LogP contribution in [0.3, 0.4) is 0 Å². The standard InChI is InChI=1S/C12H15NO5S/c1-6-7(2)19-11(9(6)12(15)16)13-10(14)8-5-17-3-4-18-8/h8H,3-5H2,1-2H3,(H,13,14)(H,15,16). The van der Waals surface area contributed by atoms with Crippen LogP contribution >= 0.6 is 11.3 Å². The van der Waals surface area contributed by atoms with Gasteiger partial charge in [-0.25, -0.2) is 4.79 Å². The minimum atomic E-state index is -1.04. The number of carboxylic acids is 1. The monoisotopic (exact) mass is 285 g/mol. The normalized spacial score (nSPS) is 19.2. The number of rotatable bonds is 3. The Morgan fingerprint density at radius 2 is 2.11 bits per heavy atom. The summed E-state index contributed by atoms with van der Waals surface area (Å²) < 4.78 is 10.4. The van der Waals surface area contributed by atoms with Crippen molar-refractivity contribution >= 4 is 28.2 Å². The first kappa shape index (κ1) is 14.0. The molecule has 7 heteroatoms. The number of carboxylic acid groups (broad SMARTS) is 1. The molecule has 1 aliphatic heterocycles. The first-order valence-electron chi connectivity index (χ1n) is 5.84. The zero-order chi connectivity index (χ0) is 14.0. The van der Waals surface area contributed by atoms with E-state index in [-0.39, 0.29) is 18.1 Å². The number of nitrogens with one attached hydrogen (secondary N) is 1. The van der Waals surface area contributed by atoms with E-state index in [4.69, 9.17) is 9.47 Å². The van der Waals surface area contributed by atoms with Crippen LogP contribution in [0.25, 0.3) is 0 Å². The summed E-state index contributed by atoms with van der Waals surface area (Å²) in [6.45, 7) is 4.58. The maximum absolute atomic E-state index is 12.0. The van der Waals surface area contributed by atoms with Gasteiger partial charge in [0.1, 0.15) is 5.00 Å². The average Bonchev–Trinajstić information content (AvgIpc) is 2.65. The number of thiophene rings is 1. The Kier molecular flexibility index (Phi) is 4.18. The summed E-state index contributed by atoms with van der Waals surface area (Å²) in [5, 5.41) is 12.1. The zero-order valence-electron chi connectivity index (χ0n) is 10.7. The maximum atomic E-state index is 12.0. The highest BCUT2D eigenvalue weighted by atomic mass is 32.1. The van der Waals surface area contributed by atoms with Gasteiger partial charge in [-0.3, -0.25) is 4.79 Å². The number of carbonyl (C=O) groups is 2. The molecule has 1 atom stereocenters. The molecule has 1 unspecified atom stereocenters.